The lowest BCUT2D eigenvalue weighted by Gasteiger charge is -2.05. The first-order valence-electron chi connectivity index (χ1n) is 5.15. The normalized spacial score (nSPS) is 11.3. The summed E-state index contributed by atoms with van der Waals surface area (Å²) in [5, 5.41) is 16.4. The second kappa shape index (κ2) is 4.85. The summed E-state index contributed by atoms with van der Waals surface area (Å²) in [6.07, 6.45) is 0. The molecule has 2 aromatic rings. The van der Waals surface area contributed by atoms with Crippen LogP contribution in [0.2, 0.25) is 0 Å². The Bertz CT molecular complexity index is 772. The predicted octanol–water partition coefficient (Wildman–Crippen LogP) is 0.961. The molecular weight excluding hydrogens is 293 g/mol. The van der Waals surface area contributed by atoms with Gasteiger partial charge in [0, 0.05) is 6.07 Å². The molecule has 1 aromatic heterocycles. The first-order valence-corrected chi connectivity index (χ1v) is 6.63. The highest BCUT2D eigenvalue weighted by molar-refractivity contribution is 7.92. The van der Waals surface area contributed by atoms with Crippen LogP contribution in [0, 0.1) is 22.9 Å². The lowest BCUT2D eigenvalue weighted by Crippen LogP contribution is -2.15. The number of aromatic amines is 1. The zero-order valence-electron chi connectivity index (χ0n) is 9.99. The molecule has 0 unspecified atom stereocenters. The number of benzene rings is 1. The van der Waals surface area contributed by atoms with Crippen molar-refractivity contribution in [2.45, 2.75) is 11.8 Å². The van der Waals surface area contributed by atoms with E-state index < -0.39 is 31.3 Å². The number of aromatic nitrogens is 3. The summed E-state index contributed by atoms with van der Waals surface area (Å²) in [6, 6.07) is 2.22. The lowest BCUT2D eigenvalue weighted by molar-refractivity contribution is -0.385. The SMILES string of the molecule is Cc1nc(NS(=O)(=O)c2ccc([N+](=O)[O-])cc2F)n[nH]1. The molecule has 1 heterocycles. The summed E-state index contributed by atoms with van der Waals surface area (Å²) in [6.45, 7) is 1.55. The molecule has 0 aliphatic rings. The number of non-ortho nitro benzene ring substituents is 1. The topological polar surface area (TPSA) is 131 Å². The zero-order chi connectivity index (χ0) is 14.9. The summed E-state index contributed by atoms with van der Waals surface area (Å²) in [4.78, 5) is 12.6. The molecule has 1 aromatic carbocycles. The van der Waals surface area contributed by atoms with Gasteiger partial charge in [-0.25, -0.2) is 17.5 Å². The smallest absolute Gasteiger partial charge is 0.261 e. The van der Waals surface area contributed by atoms with E-state index in [1.54, 1.807) is 6.92 Å². The van der Waals surface area contributed by atoms with Gasteiger partial charge in [-0.2, -0.15) is 4.98 Å². The molecule has 106 valence electrons. The molecule has 2 N–H and O–H groups in total. The van der Waals surface area contributed by atoms with Crippen LogP contribution in [0.1, 0.15) is 5.82 Å². The van der Waals surface area contributed by atoms with E-state index in [-0.39, 0.29) is 5.95 Å². The van der Waals surface area contributed by atoms with E-state index in [1.165, 1.54) is 0 Å². The fraction of sp³-hybridized carbons (Fsp3) is 0.111. The third kappa shape index (κ3) is 2.71. The van der Waals surface area contributed by atoms with Crippen LogP contribution in [0.5, 0.6) is 0 Å². The molecule has 0 atom stereocenters. The molecule has 0 saturated heterocycles. The largest absolute Gasteiger partial charge is 0.272 e. The summed E-state index contributed by atoms with van der Waals surface area (Å²) in [5.74, 6) is -1.12. The number of halogens is 1. The van der Waals surface area contributed by atoms with Crippen LogP contribution in [-0.4, -0.2) is 28.5 Å². The molecule has 9 nitrogen and oxygen atoms in total. The molecule has 20 heavy (non-hydrogen) atoms. The molecule has 0 aliphatic heterocycles. The first-order chi connectivity index (χ1) is 9.29. The van der Waals surface area contributed by atoms with E-state index >= 15 is 0 Å². The van der Waals surface area contributed by atoms with E-state index in [2.05, 4.69) is 15.2 Å². The van der Waals surface area contributed by atoms with E-state index in [4.69, 9.17) is 0 Å². The fourth-order valence-corrected chi connectivity index (χ4v) is 2.39. The number of aryl methyl sites for hydroxylation is 1. The van der Waals surface area contributed by atoms with Gasteiger partial charge in [0.1, 0.15) is 10.7 Å². The first kappa shape index (κ1) is 13.9. The molecule has 0 bridgehead atoms. The van der Waals surface area contributed by atoms with Gasteiger partial charge in [0.15, 0.2) is 5.82 Å². The van der Waals surface area contributed by atoms with Crippen molar-refractivity contribution in [3.8, 4) is 0 Å². The number of nitrogens with zero attached hydrogens (tertiary/aromatic N) is 3. The van der Waals surface area contributed by atoms with Crippen LogP contribution in [0.4, 0.5) is 16.0 Å². The van der Waals surface area contributed by atoms with Gasteiger partial charge in [0.05, 0.1) is 11.0 Å². The van der Waals surface area contributed by atoms with Crippen LogP contribution >= 0.6 is 0 Å². The number of hydrogen-bond donors (Lipinski definition) is 2. The Morgan fingerprint density at radius 3 is 2.65 bits per heavy atom. The van der Waals surface area contributed by atoms with Crippen molar-refractivity contribution >= 4 is 21.7 Å². The van der Waals surface area contributed by atoms with Crippen LogP contribution in [0.15, 0.2) is 23.1 Å². The molecule has 0 amide bonds. The predicted molar refractivity (Wildman–Crippen MR) is 65.0 cm³/mol. The number of sulfonamides is 1. The third-order valence-corrected chi connectivity index (χ3v) is 3.60. The number of hydrogen-bond acceptors (Lipinski definition) is 6. The number of nitro benzene ring substituents is 1. The van der Waals surface area contributed by atoms with Crippen molar-refractivity contribution in [2.24, 2.45) is 0 Å². The van der Waals surface area contributed by atoms with Gasteiger partial charge in [-0.05, 0) is 13.0 Å². The number of H-pyrrole nitrogens is 1. The Kier molecular flexibility index (Phi) is 3.36. The van der Waals surface area contributed by atoms with E-state index in [0.29, 0.717) is 11.9 Å². The Morgan fingerprint density at radius 1 is 1.45 bits per heavy atom. The average Bonchev–Trinajstić information content (AvgIpc) is 2.73. The molecule has 2 rings (SSSR count). The van der Waals surface area contributed by atoms with Crippen LogP contribution in [-0.2, 0) is 10.0 Å². The quantitative estimate of drug-likeness (QED) is 0.638. The van der Waals surface area contributed by atoms with Gasteiger partial charge in [-0.1, -0.05) is 0 Å². The van der Waals surface area contributed by atoms with Gasteiger partial charge in [0.25, 0.3) is 21.7 Å². The molecular formula is C9H8FN5O4S. The van der Waals surface area contributed by atoms with Crippen molar-refractivity contribution < 1.29 is 17.7 Å². The Morgan fingerprint density at radius 2 is 2.15 bits per heavy atom. The van der Waals surface area contributed by atoms with Crippen molar-refractivity contribution in [1.29, 1.82) is 0 Å². The zero-order valence-corrected chi connectivity index (χ0v) is 10.8. The molecule has 0 spiro atoms. The number of nitro groups is 1. The number of rotatable bonds is 4. The molecule has 0 aliphatic carbocycles. The van der Waals surface area contributed by atoms with Crippen molar-refractivity contribution in [3.63, 3.8) is 0 Å². The highest BCUT2D eigenvalue weighted by Crippen LogP contribution is 2.21. The second-order valence-electron chi connectivity index (χ2n) is 3.72. The second-order valence-corrected chi connectivity index (χ2v) is 5.37. The van der Waals surface area contributed by atoms with E-state index in [1.807, 2.05) is 4.72 Å². The summed E-state index contributed by atoms with van der Waals surface area (Å²) < 4.78 is 39.4. The number of anilines is 1. The lowest BCUT2D eigenvalue weighted by atomic mass is 10.3. The van der Waals surface area contributed by atoms with E-state index in [9.17, 15) is 22.9 Å². The van der Waals surface area contributed by atoms with Crippen molar-refractivity contribution in [2.75, 3.05) is 4.72 Å². The van der Waals surface area contributed by atoms with Crippen molar-refractivity contribution in [1.82, 2.24) is 15.2 Å². The molecule has 0 fully saturated rings. The van der Waals surface area contributed by atoms with Crippen LogP contribution in [0.3, 0.4) is 0 Å². The summed E-state index contributed by atoms with van der Waals surface area (Å²) >= 11 is 0. The monoisotopic (exact) mass is 301 g/mol. The van der Waals surface area contributed by atoms with Gasteiger partial charge in [-0.15, -0.1) is 5.10 Å². The maximum Gasteiger partial charge on any atom is 0.272 e. The van der Waals surface area contributed by atoms with Gasteiger partial charge < -0.3 is 0 Å². The highest BCUT2D eigenvalue weighted by atomic mass is 32.2. The minimum Gasteiger partial charge on any atom is -0.261 e. The highest BCUT2D eigenvalue weighted by Gasteiger charge is 2.23. The maximum atomic E-state index is 13.6. The van der Waals surface area contributed by atoms with Crippen LogP contribution < -0.4 is 4.72 Å². The molecule has 0 radical (unpaired) electrons. The molecule has 0 saturated carbocycles. The Balaban J connectivity index is 2.37. The fourth-order valence-electron chi connectivity index (χ4n) is 1.38. The van der Waals surface area contributed by atoms with Crippen LogP contribution in [0.25, 0.3) is 0 Å². The summed E-state index contributed by atoms with van der Waals surface area (Å²) in [7, 11) is -4.27. The van der Waals surface area contributed by atoms with Gasteiger partial charge in [-0.3, -0.25) is 15.2 Å². The minimum atomic E-state index is -4.27. The standard InChI is InChI=1S/C9H8FN5O4S/c1-5-11-9(13-12-5)14-20(18,19)8-3-2-6(15(16)17)4-7(8)10/h2-4H,1H3,(H2,11,12,13,14). The minimum absolute atomic E-state index is 0.250. The third-order valence-electron chi connectivity index (χ3n) is 2.24. The van der Waals surface area contributed by atoms with E-state index in [0.717, 1.165) is 12.1 Å². The summed E-state index contributed by atoms with van der Waals surface area (Å²) in [5.41, 5.74) is -0.546. The van der Waals surface area contributed by atoms with Gasteiger partial charge >= 0.3 is 0 Å². The number of nitrogens with one attached hydrogen (secondary N) is 2. The molecule has 11 heteroatoms. The Hall–Kier alpha value is -2.56. The van der Waals surface area contributed by atoms with Gasteiger partial charge in [0.2, 0.25) is 0 Å². The Labute approximate surface area is 112 Å². The average molecular weight is 301 g/mol. The van der Waals surface area contributed by atoms with Crippen molar-refractivity contribution in [3.05, 3.63) is 40.0 Å². The maximum absolute atomic E-state index is 13.6.